The lowest BCUT2D eigenvalue weighted by atomic mass is 10.1. The predicted octanol–water partition coefficient (Wildman–Crippen LogP) is 3.76. The number of nitrogens with one attached hydrogen (secondary N) is 1. The molecule has 0 bridgehead atoms. The monoisotopic (exact) mass is 381 g/mol. The number of hydrogen-bond acceptors (Lipinski definition) is 5. The van der Waals surface area contributed by atoms with E-state index in [-0.39, 0.29) is 6.10 Å². The maximum atomic E-state index is 5.88. The van der Waals surface area contributed by atoms with Gasteiger partial charge in [0.25, 0.3) is 0 Å². The SMILES string of the molecule is COc1ccc(CN(Cc2nc3ccccc3[nH]2)C[C@H]2CCCO2)cc1OC. The molecule has 0 unspecified atom stereocenters. The zero-order valence-electron chi connectivity index (χ0n) is 16.5. The number of aromatic amines is 1. The molecule has 0 saturated carbocycles. The van der Waals surface area contributed by atoms with Crippen molar-refractivity contribution in [2.45, 2.75) is 32.0 Å². The molecule has 6 heteroatoms. The van der Waals surface area contributed by atoms with E-state index < -0.39 is 0 Å². The molecule has 3 aromatic rings. The van der Waals surface area contributed by atoms with Crippen molar-refractivity contribution < 1.29 is 14.2 Å². The molecule has 1 atom stereocenters. The predicted molar refractivity (Wildman–Crippen MR) is 109 cm³/mol. The summed E-state index contributed by atoms with van der Waals surface area (Å²) in [6, 6.07) is 14.2. The minimum absolute atomic E-state index is 0.282. The molecular formula is C22H27N3O3. The Morgan fingerprint density at radius 2 is 1.96 bits per heavy atom. The van der Waals surface area contributed by atoms with Crippen molar-refractivity contribution in [2.24, 2.45) is 0 Å². The molecule has 6 nitrogen and oxygen atoms in total. The van der Waals surface area contributed by atoms with E-state index in [0.717, 1.165) is 67.4 Å². The van der Waals surface area contributed by atoms with Crippen molar-refractivity contribution in [3.05, 3.63) is 53.9 Å². The van der Waals surface area contributed by atoms with Crippen molar-refractivity contribution in [3.63, 3.8) is 0 Å². The topological polar surface area (TPSA) is 59.6 Å². The lowest BCUT2D eigenvalue weighted by Gasteiger charge is -2.24. The van der Waals surface area contributed by atoms with Gasteiger partial charge in [0, 0.05) is 19.7 Å². The van der Waals surface area contributed by atoms with E-state index in [4.69, 9.17) is 19.2 Å². The van der Waals surface area contributed by atoms with Gasteiger partial charge in [-0.15, -0.1) is 0 Å². The minimum atomic E-state index is 0.282. The Balaban J connectivity index is 1.54. The average molecular weight is 381 g/mol. The number of imidazole rings is 1. The van der Waals surface area contributed by atoms with Crippen LogP contribution in [0.25, 0.3) is 11.0 Å². The van der Waals surface area contributed by atoms with E-state index in [2.05, 4.69) is 22.0 Å². The second-order valence-electron chi connectivity index (χ2n) is 7.19. The number of para-hydroxylation sites is 2. The van der Waals surface area contributed by atoms with Crippen LogP contribution in [0, 0.1) is 0 Å². The summed E-state index contributed by atoms with van der Waals surface area (Å²) >= 11 is 0. The molecule has 0 aliphatic carbocycles. The molecule has 2 heterocycles. The molecule has 28 heavy (non-hydrogen) atoms. The minimum Gasteiger partial charge on any atom is -0.493 e. The van der Waals surface area contributed by atoms with Gasteiger partial charge in [-0.25, -0.2) is 4.98 Å². The number of fused-ring (bicyclic) bond motifs is 1. The zero-order valence-corrected chi connectivity index (χ0v) is 16.5. The number of rotatable bonds is 8. The van der Waals surface area contributed by atoms with Gasteiger partial charge in [0.2, 0.25) is 0 Å². The van der Waals surface area contributed by atoms with E-state index in [1.165, 1.54) is 5.56 Å². The lowest BCUT2D eigenvalue weighted by molar-refractivity contribution is 0.0671. The van der Waals surface area contributed by atoms with Crippen LogP contribution in [-0.2, 0) is 17.8 Å². The summed E-state index contributed by atoms with van der Waals surface area (Å²) in [6.07, 6.45) is 2.53. The molecule has 1 aliphatic rings. The normalized spacial score (nSPS) is 16.8. The summed E-state index contributed by atoms with van der Waals surface area (Å²) in [5, 5.41) is 0. The van der Waals surface area contributed by atoms with Crippen LogP contribution < -0.4 is 9.47 Å². The molecule has 1 aromatic heterocycles. The van der Waals surface area contributed by atoms with Crippen LogP contribution >= 0.6 is 0 Å². The van der Waals surface area contributed by atoms with E-state index >= 15 is 0 Å². The Morgan fingerprint density at radius 1 is 1.11 bits per heavy atom. The number of ether oxygens (including phenoxy) is 3. The molecule has 2 aromatic carbocycles. The maximum absolute atomic E-state index is 5.88. The first-order chi connectivity index (χ1) is 13.7. The van der Waals surface area contributed by atoms with Crippen LogP contribution in [0.5, 0.6) is 11.5 Å². The van der Waals surface area contributed by atoms with Gasteiger partial charge in [-0.3, -0.25) is 4.90 Å². The van der Waals surface area contributed by atoms with Crippen LogP contribution in [0.15, 0.2) is 42.5 Å². The van der Waals surface area contributed by atoms with Crippen molar-refractivity contribution in [2.75, 3.05) is 27.4 Å². The summed E-state index contributed by atoms with van der Waals surface area (Å²) < 4.78 is 16.7. The highest BCUT2D eigenvalue weighted by molar-refractivity contribution is 5.74. The summed E-state index contributed by atoms with van der Waals surface area (Å²) in [5.74, 6) is 2.47. The Morgan fingerprint density at radius 3 is 2.71 bits per heavy atom. The van der Waals surface area contributed by atoms with E-state index in [9.17, 15) is 0 Å². The fraction of sp³-hybridized carbons (Fsp3) is 0.409. The molecule has 1 N–H and O–H groups in total. The van der Waals surface area contributed by atoms with Crippen LogP contribution in [0.2, 0.25) is 0 Å². The first-order valence-electron chi connectivity index (χ1n) is 9.73. The van der Waals surface area contributed by atoms with E-state index in [1.54, 1.807) is 14.2 Å². The molecule has 4 rings (SSSR count). The quantitative estimate of drug-likeness (QED) is 0.644. The third-order valence-electron chi connectivity index (χ3n) is 5.15. The first kappa shape index (κ1) is 18.8. The van der Waals surface area contributed by atoms with Gasteiger partial charge in [0.15, 0.2) is 11.5 Å². The first-order valence-corrected chi connectivity index (χ1v) is 9.73. The Bertz CT molecular complexity index is 885. The molecule has 1 aliphatic heterocycles. The van der Waals surface area contributed by atoms with Crippen molar-refractivity contribution in [1.82, 2.24) is 14.9 Å². The molecule has 0 amide bonds. The number of nitrogens with zero attached hydrogens (tertiary/aromatic N) is 2. The molecule has 1 fully saturated rings. The highest BCUT2D eigenvalue weighted by atomic mass is 16.5. The van der Waals surface area contributed by atoms with Crippen molar-refractivity contribution in [3.8, 4) is 11.5 Å². The van der Waals surface area contributed by atoms with Gasteiger partial charge in [0.05, 0.1) is 37.9 Å². The van der Waals surface area contributed by atoms with Crippen LogP contribution in [0.3, 0.4) is 0 Å². The second kappa shape index (κ2) is 8.63. The summed E-state index contributed by atoms with van der Waals surface area (Å²) in [4.78, 5) is 10.6. The Hall–Kier alpha value is -2.57. The highest BCUT2D eigenvalue weighted by Gasteiger charge is 2.21. The van der Waals surface area contributed by atoms with Gasteiger partial charge in [-0.2, -0.15) is 0 Å². The van der Waals surface area contributed by atoms with E-state index in [1.807, 2.05) is 30.3 Å². The third kappa shape index (κ3) is 4.29. The molecule has 148 valence electrons. The standard InChI is InChI=1S/C22H27N3O3/c1-26-20-10-9-16(12-21(20)27-2)13-25(14-17-6-5-11-28-17)15-22-23-18-7-3-4-8-19(18)24-22/h3-4,7-10,12,17H,5-6,11,13-15H2,1-2H3,(H,23,24)/t17-/m1/s1. The molecule has 1 saturated heterocycles. The largest absolute Gasteiger partial charge is 0.493 e. The summed E-state index contributed by atoms with van der Waals surface area (Å²) in [5.41, 5.74) is 3.24. The van der Waals surface area contributed by atoms with Gasteiger partial charge in [0.1, 0.15) is 5.82 Å². The zero-order chi connectivity index (χ0) is 19.3. The van der Waals surface area contributed by atoms with Crippen molar-refractivity contribution >= 4 is 11.0 Å². The van der Waals surface area contributed by atoms with Crippen molar-refractivity contribution in [1.29, 1.82) is 0 Å². The number of methoxy groups -OCH3 is 2. The van der Waals surface area contributed by atoms with Crippen LogP contribution in [0.1, 0.15) is 24.2 Å². The summed E-state index contributed by atoms with van der Waals surface area (Å²) in [7, 11) is 3.32. The molecular weight excluding hydrogens is 354 g/mol. The number of benzene rings is 2. The highest BCUT2D eigenvalue weighted by Crippen LogP contribution is 2.28. The molecule has 0 spiro atoms. The van der Waals surface area contributed by atoms with Gasteiger partial charge >= 0.3 is 0 Å². The Labute approximate surface area is 165 Å². The average Bonchev–Trinajstić information content (AvgIpc) is 3.36. The lowest BCUT2D eigenvalue weighted by Crippen LogP contribution is -2.31. The van der Waals surface area contributed by atoms with Gasteiger partial charge in [-0.05, 0) is 42.7 Å². The number of aromatic nitrogens is 2. The van der Waals surface area contributed by atoms with E-state index in [0.29, 0.717) is 0 Å². The van der Waals surface area contributed by atoms with Gasteiger partial charge in [-0.1, -0.05) is 18.2 Å². The van der Waals surface area contributed by atoms with Crippen LogP contribution in [-0.4, -0.2) is 48.3 Å². The van der Waals surface area contributed by atoms with Crippen LogP contribution in [0.4, 0.5) is 0 Å². The number of hydrogen-bond donors (Lipinski definition) is 1. The smallest absolute Gasteiger partial charge is 0.161 e. The molecule has 0 radical (unpaired) electrons. The summed E-state index contributed by atoms with van der Waals surface area (Å²) in [6.45, 7) is 3.27. The fourth-order valence-electron chi connectivity index (χ4n) is 3.79. The maximum Gasteiger partial charge on any atom is 0.161 e. The fourth-order valence-corrected chi connectivity index (χ4v) is 3.79. The number of H-pyrrole nitrogens is 1. The van der Waals surface area contributed by atoms with Gasteiger partial charge < -0.3 is 19.2 Å². The third-order valence-corrected chi connectivity index (χ3v) is 5.15. The Kier molecular flexibility index (Phi) is 5.78. The second-order valence-corrected chi connectivity index (χ2v) is 7.19.